The molecule has 128 valence electrons. The Bertz CT molecular complexity index is 940. The summed E-state index contributed by atoms with van der Waals surface area (Å²) in [7, 11) is 3.32. The maximum Gasteiger partial charge on any atom is 0.252 e. The number of para-hydroxylation sites is 1. The van der Waals surface area contributed by atoms with Crippen molar-refractivity contribution in [3.8, 4) is 17.1 Å². The van der Waals surface area contributed by atoms with Crippen molar-refractivity contribution in [2.75, 3.05) is 12.4 Å². The fourth-order valence-corrected chi connectivity index (χ4v) is 2.53. The first-order valence-electron chi connectivity index (χ1n) is 7.25. The van der Waals surface area contributed by atoms with Gasteiger partial charge in [-0.3, -0.25) is 9.48 Å². The van der Waals surface area contributed by atoms with Crippen LogP contribution in [0.4, 0.5) is 11.4 Å². The number of anilines is 2. The van der Waals surface area contributed by atoms with Gasteiger partial charge in [-0.2, -0.15) is 5.10 Å². The molecular weight excluding hydrogens is 344 g/mol. The van der Waals surface area contributed by atoms with Gasteiger partial charge in [0.05, 0.1) is 29.6 Å². The lowest BCUT2D eigenvalue weighted by Gasteiger charge is -2.15. The van der Waals surface area contributed by atoms with E-state index in [2.05, 4.69) is 20.4 Å². The molecule has 25 heavy (non-hydrogen) atoms. The van der Waals surface area contributed by atoms with Crippen LogP contribution in [0.5, 0.6) is 5.75 Å². The van der Waals surface area contributed by atoms with E-state index in [4.69, 9.17) is 22.1 Å². The molecular formula is C16H15ClN6O2. The molecule has 0 saturated carbocycles. The number of methoxy groups -OCH3 is 1. The average molecular weight is 359 g/mol. The first-order chi connectivity index (χ1) is 12.0. The SMILES string of the molecule is COc1c(Nc2cc(Cl)ncc2C(N)=O)cccc1-c1ncn(C)n1. The lowest BCUT2D eigenvalue weighted by molar-refractivity contribution is 0.100. The zero-order valence-corrected chi connectivity index (χ0v) is 14.3. The molecule has 0 unspecified atom stereocenters. The minimum absolute atomic E-state index is 0.216. The molecule has 9 heteroatoms. The lowest BCUT2D eigenvalue weighted by Crippen LogP contribution is -2.14. The van der Waals surface area contributed by atoms with Gasteiger partial charge in [0.15, 0.2) is 11.6 Å². The number of aryl methyl sites for hydroxylation is 1. The van der Waals surface area contributed by atoms with Crippen LogP contribution < -0.4 is 15.8 Å². The van der Waals surface area contributed by atoms with Crippen molar-refractivity contribution in [1.29, 1.82) is 0 Å². The molecule has 0 saturated heterocycles. The van der Waals surface area contributed by atoms with Gasteiger partial charge in [-0.15, -0.1) is 0 Å². The number of amides is 1. The predicted molar refractivity (Wildman–Crippen MR) is 94.0 cm³/mol. The van der Waals surface area contributed by atoms with Crippen LogP contribution in [0.3, 0.4) is 0 Å². The normalized spacial score (nSPS) is 10.5. The molecule has 1 aromatic carbocycles. The highest BCUT2D eigenvalue weighted by Crippen LogP contribution is 2.37. The molecule has 0 spiro atoms. The Hall–Kier alpha value is -3.13. The van der Waals surface area contributed by atoms with Crippen LogP contribution in [0.2, 0.25) is 5.15 Å². The van der Waals surface area contributed by atoms with Crippen LogP contribution in [-0.2, 0) is 7.05 Å². The van der Waals surface area contributed by atoms with Crippen molar-refractivity contribution in [2.24, 2.45) is 12.8 Å². The third-order valence-electron chi connectivity index (χ3n) is 3.47. The Labute approximate surface area is 148 Å². The van der Waals surface area contributed by atoms with Crippen LogP contribution in [0.15, 0.2) is 36.8 Å². The van der Waals surface area contributed by atoms with E-state index in [1.54, 1.807) is 31.2 Å². The van der Waals surface area contributed by atoms with Crippen molar-refractivity contribution < 1.29 is 9.53 Å². The quantitative estimate of drug-likeness (QED) is 0.678. The molecule has 2 heterocycles. The van der Waals surface area contributed by atoms with Gasteiger partial charge in [0.2, 0.25) is 0 Å². The van der Waals surface area contributed by atoms with E-state index in [1.165, 1.54) is 12.3 Å². The van der Waals surface area contributed by atoms with Gasteiger partial charge in [-0.25, -0.2) is 9.97 Å². The van der Waals surface area contributed by atoms with E-state index < -0.39 is 5.91 Å². The van der Waals surface area contributed by atoms with E-state index in [-0.39, 0.29) is 10.7 Å². The number of nitrogens with two attached hydrogens (primary N) is 1. The third-order valence-corrected chi connectivity index (χ3v) is 3.67. The minimum atomic E-state index is -0.617. The number of hydrogen-bond acceptors (Lipinski definition) is 6. The molecule has 0 aliphatic rings. The minimum Gasteiger partial charge on any atom is -0.494 e. The number of benzene rings is 1. The van der Waals surface area contributed by atoms with Crippen LogP contribution in [0, 0.1) is 0 Å². The number of hydrogen-bond donors (Lipinski definition) is 2. The summed E-state index contributed by atoms with van der Waals surface area (Å²) in [6.45, 7) is 0. The summed E-state index contributed by atoms with van der Waals surface area (Å²) in [6.07, 6.45) is 2.92. The van der Waals surface area contributed by atoms with Crippen LogP contribution in [-0.4, -0.2) is 32.8 Å². The second kappa shape index (κ2) is 6.78. The molecule has 3 N–H and O–H groups in total. The maximum atomic E-state index is 11.6. The largest absolute Gasteiger partial charge is 0.494 e. The molecule has 0 fully saturated rings. The first kappa shape index (κ1) is 16.7. The molecule has 0 atom stereocenters. The summed E-state index contributed by atoms with van der Waals surface area (Å²) >= 11 is 5.93. The topological polar surface area (TPSA) is 108 Å². The highest BCUT2D eigenvalue weighted by molar-refractivity contribution is 6.29. The van der Waals surface area contributed by atoms with Crippen molar-refractivity contribution in [3.63, 3.8) is 0 Å². The number of carbonyl (C=O) groups excluding carboxylic acids is 1. The zero-order valence-electron chi connectivity index (χ0n) is 13.5. The fourth-order valence-electron chi connectivity index (χ4n) is 2.37. The van der Waals surface area contributed by atoms with Gasteiger partial charge >= 0.3 is 0 Å². The second-order valence-corrected chi connectivity index (χ2v) is 5.56. The highest BCUT2D eigenvalue weighted by atomic mass is 35.5. The molecule has 3 aromatic rings. The van der Waals surface area contributed by atoms with E-state index in [9.17, 15) is 4.79 Å². The number of ether oxygens (including phenoxy) is 1. The maximum absolute atomic E-state index is 11.6. The molecule has 3 rings (SSSR count). The first-order valence-corrected chi connectivity index (χ1v) is 7.62. The summed E-state index contributed by atoms with van der Waals surface area (Å²) in [4.78, 5) is 19.7. The Morgan fingerprint density at radius 2 is 2.12 bits per heavy atom. The standard InChI is InChI=1S/C16H15ClN6O2/c1-23-8-20-16(22-23)9-4-3-5-11(14(9)25-2)21-12-6-13(17)19-7-10(12)15(18)24/h3-8H,1-2H3,(H2,18,24)(H,19,21). The molecule has 2 aromatic heterocycles. The molecule has 8 nitrogen and oxygen atoms in total. The summed E-state index contributed by atoms with van der Waals surface area (Å²) in [6, 6.07) is 6.98. The molecule has 0 aliphatic carbocycles. The van der Waals surface area contributed by atoms with Crippen molar-refractivity contribution in [3.05, 3.63) is 47.5 Å². The number of halogens is 1. The monoisotopic (exact) mass is 358 g/mol. The summed E-state index contributed by atoms with van der Waals surface area (Å²) in [5.74, 6) is 0.427. The van der Waals surface area contributed by atoms with Gasteiger partial charge < -0.3 is 15.8 Å². The van der Waals surface area contributed by atoms with Gasteiger partial charge in [-0.1, -0.05) is 17.7 Å². The van der Waals surface area contributed by atoms with Gasteiger partial charge in [0.25, 0.3) is 5.91 Å². The van der Waals surface area contributed by atoms with E-state index in [0.717, 1.165) is 0 Å². The summed E-state index contributed by atoms with van der Waals surface area (Å²) < 4.78 is 7.13. The van der Waals surface area contributed by atoms with Crippen molar-refractivity contribution in [2.45, 2.75) is 0 Å². The number of aromatic nitrogens is 4. The van der Waals surface area contributed by atoms with E-state index >= 15 is 0 Å². The fraction of sp³-hybridized carbons (Fsp3) is 0.125. The summed E-state index contributed by atoms with van der Waals surface area (Å²) in [5, 5.41) is 7.64. The van der Waals surface area contributed by atoms with Gasteiger partial charge in [-0.05, 0) is 18.2 Å². The van der Waals surface area contributed by atoms with Crippen molar-refractivity contribution >= 4 is 28.9 Å². The van der Waals surface area contributed by atoms with Gasteiger partial charge in [0, 0.05) is 13.2 Å². The zero-order chi connectivity index (χ0) is 18.0. The molecule has 1 amide bonds. The molecule has 0 bridgehead atoms. The van der Waals surface area contributed by atoms with Gasteiger partial charge in [0.1, 0.15) is 11.5 Å². The Kier molecular flexibility index (Phi) is 4.53. The third kappa shape index (κ3) is 3.38. The molecule has 0 aliphatic heterocycles. The van der Waals surface area contributed by atoms with Crippen LogP contribution in [0.25, 0.3) is 11.4 Å². The predicted octanol–water partition coefficient (Wildman–Crippen LogP) is 2.38. The lowest BCUT2D eigenvalue weighted by atomic mass is 10.1. The smallest absolute Gasteiger partial charge is 0.252 e. The second-order valence-electron chi connectivity index (χ2n) is 5.17. The van der Waals surface area contributed by atoms with Crippen LogP contribution >= 0.6 is 11.6 Å². The molecule has 0 radical (unpaired) electrons. The Balaban J connectivity index is 2.07. The number of nitrogens with zero attached hydrogens (tertiary/aromatic N) is 4. The van der Waals surface area contributed by atoms with E-state index in [1.807, 2.05) is 12.1 Å². The van der Waals surface area contributed by atoms with Crippen molar-refractivity contribution in [1.82, 2.24) is 19.7 Å². The Morgan fingerprint density at radius 1 is 1.32 bits per heavy atom. The number of pyridine rings is 1. The number of carbonyl (C=O) groups is 1. The number of nitrogens with one attached hydrogen (secondary N) is 1. The average Bonchev–Trinajstić information content (AvgIpc) is 3.00. The van der Waals surface area contributed by atoms with Crippen LogP contribution in [0.1, 0.15) is 10.4 Å². The number of primary amides is 1. The highest BCUT2D eigenvalue weighted by Gasteiger charge is 2.16. The summed E-state index contributed by atoms with van der Waals surface area (Å²) in [5.41, 5.74) is 7.35. The van der Waals surface area contributed by atoms with E-state index in [0.29, 0.717) is 28.5 Å². The number of rotatable bonds is 5. The Morgan fingerprint density at radius 3 is 2.76 bits per heavy atom.